The summed E-state index contributed by atoms with van der Waals surface area (Å²) in [6.45, 7) is 2.91. The van der Waals surface area contributed by atoms with Crippen LogP contribution >= 0.6 is 0 Å². The van der Waals surface area contributed by atoms with Crippen LogP contribution in [0.25, 0.3) is 10.9 Å². The molecule has 1 aliphatic heterocycles. The number of carbonyl (C=O) groups is 1. The summed E-state index contributed by atoms with van der Waals surface area (Å²) in [5.74, 6) is -3.54. The first-order valence-electron chi connectivity index (χ1n) is 9.40. The van der Waals surface area contributed by atoms with Crippen molar-refractivity contribution in [3.63, 3.8) is 0 Å². The molecule has 10 heteroatoms. The molecule has 1 unspecified atom stereocenters. The SMILES string of the molecule is CCNCC1CCN(c2c(F)c(N)c3c(=O)c(C(=O)O)cn(CCF)c3c2F)C1. The van der Waals surface area contributed by atoms with Crippen LogP contribution in [0.2, 0.25) is 0 Å². The van der Waals surface area contributed by atoms with Gasteiger partial charge in [0.2, 0.25) is 5.43 Å². The molecule has 0 aliphatic carbocycles. The number of rotatable bonds is 7. The Morgan fingerprint density at radius 2 is 2.10 bits per heavy atom. The lowest BCUT2D eigenvalue weighted by atomic mass is 10.1. The number of alkyl halides is 1. The fourth-order valence-corrected chi connectivity index (χ4v) is 3.84. The van der Waals surface area contributed by atoms with E-state index in [0.29, 0.717) is 19.6 Å². The molecule has 1 aromatic heterocycles. The average Bonchev–Trinajstić information content (AvgIpc) is 3.14. The van der Waals surface area contributed by atoms with Gasteiger partial charge < -0.3 is 25.6 Å². The third kappa shape index (κ3) is 3.64. The molecule has 7 nitrogen and oxygen atoms in total. The highest BCUT2D eigenvalue weighted by Crippen LogP contribution is 2.37. The Labute approximate surface area is 164 Å². The minimum Gasteiger partial charge on any atom is -0.477 e. The maximum absolute atomic E-state index is 15.5. The Hall–Kier alpha value is -2.75. The Morgan fingerprint density at radius 3 is 2.72 bits per heavy atom. The molecule has 1 fully saturated rings. The highest BCUT2D eigenvalue weighted by molar-refractivity contribution is 5.99. The molecule has 1 aromatic carbocycles. The van der Waals surface area contributed by atoms with Gasteiger partial charge in [-0.15, -0.1) is 0 Å². The Bertz CT molecular complexity index is 1010. The van der Waals surface area contributed by atoms with Crippen LogP contribution in [0, 0.1) is 17.6 Å². The molecule has 1 aliphatic rings. The molecular weight excluding hydrogens is 389 g/mol. The van der Waals surface area contributed by atoms with E-state index in [1.165, 1.54) is 4.90 Å². The highest BCUT2D eigenvalue weighted by atomic mass is 19.1. The molecule has 2 aromatic rings. The fourth-order valence-electron chi connectivity index (χ4n) is 3.84. The first-order valence-corrected chi connectivity index (χ1v) is 9.40. The fraction of sp³-hybridized carbons (Fsp3) is 0.474. The predicted molar refractivity (Wildman–Crippen MR) is 104 cm³/mol. The van der Waals surface area contributed by atoms with Gasteiger partial charge in [-0.1, -0.05) is 6.92 Å². The maximum atomic E-state index is 15.5. The molecule has 2 heterocycles. The van der Waals surface area contributed by atoms with Crippen LogP contribution in [-0.2, 0) is 6.54 Å². The molecule has 0 bridgehead atoms. The van der Waals surface area contributed by atoms with Gasteiger partial charge in [-0.25, -0.2) is 18.0 Å². The smallest absolute Gasteiger partial charge is 0.341 e. The summed E-state index contributed by atoms with van der Waals surface area (Å²) in [6.07, 6.45) is 1.59. The molecule has 4 N–H and O–H groups in total. The lowest BCUT2D eigenvalue weighted by Gasteiger charge is -2.23. The van der Waals surface area contributed by atoms with Gasteiger partial charge in [-0.3, -0.25) is 4.79 Å². The van der Waals surface area contributed by atoms with Crippen LogP contribution in [0.15, 0.2) is 11.0 Å². The van der Waals surface area contributed by atoms with E-state index in [0.717, 1.165) is 23.7 Å². The number of hydrogen-bond acceptors (Lipinski definition) is 5. The Morgan fingerprint density at radius 1 is 1.38 bits per heavy atom. The zero-order chi connectivity index (χ0) is 21.3. The van der Waals surface area contributed by atoms with E-state index in [-0.39, 0.29) is 17.1 Å². The number of pyridine rings is 1. The Balaban J connectivity index is 2.22. The third-order valence-electron chi connectivity index (χ3n) is 5.25. The van der Waals surface area contributed by atoms with E-state index in [2.05, 4.69) is 5.32 Å². The van der Waals surface area contributed by atoms with Crippen molar-refractivity contribution in [1.82, 2.24) is 9.88 Å². The Kier molecular flexibility index (Phi) is 6.02. The van der Waals surface area contributed by atoms with Crippen molar-refractivity contribution in [2.24, 2.45) is 5.92 Å². The summed E-state index contributed by atoms with van der Waals surface area (Å²) in [5, 5.41) is 11.8. The number of aromatic carboxylic acids is 1. The summed E-state index contributed by atoms with van der Waals surface area (Å²) in [5.41, 5.74) is 2.61. The number of nitrogen functional groups attached to an aromatic ring is 1. The van der Waals surface area contributed by atoms with Gasteiger partial charge in [-0.2, -0.15) is 0 Å². The predicted octanol–water partition coefficient (Wildman–Crippen LogP) is 1.97. The lowest BCUT2D eigenvalue weighted by molar-refractivity contribution is 0.0694. The van der Waals surface area contributed by atoms with Crippen molar-refractivity contribution in [3.05, 3.63) is 33.6 Å². The number of nitrogens with one attached hydrogen (secondary N) is 1. The molecule has 3 rings (SSSR count). The van der Waals surface area contributed by atoms with Crippen molar-refractivity contribution in [3.8, 4) is 0 Å². The number of benzene rings is 1. The van der Waals surface area contributed by atoms with Gasteiger partial charge in [0.05, 0.1) is 23.1 Å². The summed E-state index contributed by atoms with van der Waals surface area (Å²) >= 11 is 0. The second kappa shape index (κ2) is 8.32. The summed E-state index contributed by atoms with van der Waals surface area (Å²) in [4.78, 5) is 25.4. The first-order chi connectivity index (χ1) is 13.8. The molecule has 29 heavy (non-hydrogen) atoms. The molecule has 0 saturated carbocycles. The van der Waals surface area contributed by atoms with E-state index >= 15 is 8.78 Å². The van der Waals surface area contributed by atoms with Crippen LogP contribution < -0.4 is 21.4 Å². The van der Waals surface area contributed by atoms with Crippen molar-refractivity contribution in [2.75, 3.05) is 43.5 Å². The number of aryl methyl sites for hydroxylation is 1. The van der Waals surface area contributed by atoms with Crippen LogP contribution in [0.4, 0.5) is 24.5 Å². The van der Waals surface area contributed by atoms with Crippen molar-refractivity contribution in [1.29, 1.82) is 0 Å². The second-order valence-corrected chi connectivity index (χ2v) is 7.08. The summed E-state index contributed by atoms with van der Waals surface area (Å²) < 4.78 is 44.5. The quantitative estimate of drug-likeness (QED) is 0.601. The zero-order valence-corrected chi connectivity index (χ0v) is 16.0. The van der Waals surface area contributed by atoms with Gasteiger partial charge in [0, 0.05) is 19.3 Å². The number of carboxylic acids is 1. The van der Waals surface area contributed by atoms with Crippen LogP contribution in [0.5, 0.6) is 0 Å². The molecule has 1 saturated heterocycles. The topological polar surface area (TPSA) is 101 Å². The highest BCUT2D eigenvalue weighted by Gasteiger charge is 2.31. The van der Waals surface area contributed by atoms with Crippen LogP contribution in [0.1, 0.15) is 23.7 Å². The molecule has 158 valence electrons. The van der Waals surface area contributed by atoms with Crippen molar-refractivity contribution in [2.45, 2.75) is 19.9 Å². The minimum absolute atomic E-state index is 0.188. The van der Waals surface area contributed by atoms with E-state index in [1.54, 1.807) is 0 Å². The number of carboxylic acid groups (broad SMARTS) is 1. The van der Waals surface area contributed by atoms with Gasteiger partial charge in [0.15, 0.2) is 11.6 Å². The molecule has 0 radical (unpaired) electrons. The minimum atomic E-state index is -1.58. The number of hydrogen-bond donors (Lipinski definition) is 3. The second-order valence-electron chi connectivity index (χ2n) is 7.08. The summed E-state index contributed by atoms with van der Waals surface area (Å²) in [7, 11) is 0. The number of halogens is 3. The van der Waals surface area contributed by atoms with Crippen molar-refractivity contribution < 1.29 is 23.1 Å². The standard InChI is InChI=1S/C19H23F3N4O3/c1-2-24-7-10-3-5-25(8-10)17-13(21)15(23)12-16(14(17)22)26(6-4-20)9-11(18(12)27)19(28)29/h9-10,24H,2-8,23H2,1H3,(H,28,29). The largest absolute Gasteiger partial charge is 0.477 e. The van der Waals surface area contributed by atoms with Crippen LogP contribution in [0.3, 0.4) is 0 Å². The molecular formula is C19H23F3N4O3. The number of nitrogens with two attached hydrogens (primary N) is 1. The molecule has 0 spiro atoms. The van der Waals surface area contributed by atoms with E-state index in [9.17, 15) is 19.1 Å². The monoisotopic (exact) mass is 412 g/mol. The maximum Gasteiger partial charge on any atom is 0.341 e. The number of fused-ring (bicyclic) bond motifs is 1. The first kappa shape index (κ1) is 21.0. The zero-order valence-electron chi connectivity index (χ0n) is 16.0. The van der Waals surface area contributed by atoms with E-state index in [4.69, 9.17) is 5.73 Å². The molecule has 0 amide bonds. The van der Waals surface area contributed by atoms with Crippen molar-refractivity contribution >= 4 is 28.2 Å². The lowest BCUT2D eigenvalue weighted by Crippen LogP contribution is -2.28. The van der Waals surface area contributed by atoms with Gasteiger partial charge in [-0.05, 0) is 25.4 Å². The van der Waals surface area contributed by atoms with Crippen LogP contribution in [-0.4, -0.2) is 48.5 Å². The van der Waals surface area contributed by atoms with Gasteiger partial charge in [0.25, 0.3) is 0 Å². The average molecular weight is 412 g/mol. The van der Waals surface area contributed by atoms with E-state index < -0.39 is 52.9 Å². The van der Waals surface area contributed by atoms with Gasteiger partial charge >= 0.3 is 5.97 Å². The normalized spacial score (nSPS) is 16.7. The van der Waals surface area contributed by atoms with E-state index in [1.807, 2.05) is 6.92 Å². The number of anilines is 2. The van der Waals surface area contributed by atoms with Gasteiger partial charge in [0.1, 0.15) is 17.9 Å². The molecule has 1 atom stereocenters. The third-order valence-corrected chi connectivity index (χ3v) is 5.25. The number of aromatic nitrogens is 1. The summed E-state index contributed by atoms with van der Waals surface area (Å²) in [6, 6.07) is 0. The number of nitrogens with zero attached hydrogens (tertiary/aromatic N) is 2.